The lowest BCUT2D eigenvalue weighted by molar-refractivity contribution is 0.194. The maximum absolute atomic E-state index is 12.2. The number of hydrogen-bond donors (Lipinski definition) is 1. The Morgan fingerprint density at radius 2 is 2.04 bits per heavy atom. The van der Waals surface area contributed by atoms with Crippen LogP contribution in [0.2, 0.25) is 0 Å². The van der Waals surface area contributed by atoms with Crippen LogP contribution in [0.25, 0.3) is 11.3 Å². The third kappa shape index (κ3) is 3.86. The molecule has 4 rings (SSSR count). The Morgan fingerprint density at radius 3 is 2.85 bits per heavy atom. The van der Waals surface area contributed by atoms with Crippen LogP contribution in [0.15, 0.2) is 59.8 Å². The van der Waals surface area contributed by atoms with Crippen LogP contribution in [0, 0.1) is 0 Å². The van der Waals surface area contributed by atoms with Gasteiger partial charge >= 0.3 is 0 Å². The molecule has 1 saturated heterocycles. The van der Waals surface area contributed by atoms with Gasteiger partial charge in [-0.3, -0.25) is 19.7 Å². The number of nitrogens with one attached hydrogen (secondary N) is 1. The van der Waals surface area contributed by atoms with Crippen molar-refractivity contribution in [1.82, 2.24) is 24.8 Å². The maximum atomic E-state index is 12.2. The van der Waals surface area contributed by atoms with Gasteiger partial charge in [0.25, 0.3) is 5.56 Å². The lowest BCUT2D eigenvalue weighted by atomic mass is 9.96. The topological polar surface area (TPSA) is 74.8 Å². The molecule has 26 heavy (non-hydrogen) atoms. The van der Waals surface area contributed by atoms with Gasteiger partial charge in [-0.15, -0.1) is 0 Å². The van der Waals surface area contributed by atoms with Crippen molar-refractivity contribution in [2.75, 3.05) is 13.1 Å². The van der Waals surface area contributed by atoms with Gasteiger partial charge in [-0.1, -0.05) is 6.07 Å². The molecule has 0 aliphatic carbocycles. The summed E-state index contributed by atoms with van der Waals surface area (Å²) >= 11 is 0. The van der Waals surface area contributed by atoms with E-state index in [1.165, 1.54) is 0 Å². The fourth-order valence-corrected chi connectivity index (χ4v) is 3.48. The summed E-state index contributed by atoms with van der Waals surface area (Å²) in [6, 6.07) is 11.3. The van der Waals surface area contributed by atoms with Crippen molar-refractivity contribution in [3.63, 3.8) is 0 Å². The van der Waals surface area contributed by atoms with Gasteiger partial charge in [-0.2, -0.15) is 0 Å². The highest BCUT2D eigenvalue weighted by atomic mass is 16.1. The molecule has 0 bridgehead atoms. The first-order valence-electron chi connectivity index (χ1n) is 8.92. The second-order valence-electron chi connectivity index (χ2n) is 6.65. The first-order chi connectivity index (χ1) is 12.8. The molecule has 1 atom stereocenters. The van der Waals surface area contributed by atoms with Crippen molar-refractivity contribution in [2.45, 2.75) is 25.3 Å². The minimum Gasteiger partial charge on any atom is -0.310 e. The number of pyridine rings is 2. The Hall–Kier alpha value is -2.86. The Labute approximate surface area is 152 Å². The molecule has 4 heterocycles. The quantitative estimate of drug-likeness (QED) is 0.785. The summed E-state index contributed by atoms with van der Waals surface area (Å²) in [5.41, 5.74) is 2.57. The molecule has 0 aromatic carbocycles. The molecular formula is C20H21N5O. The smallest absolute Gasteiger partial charge is 0.251 e. The number of H-pyrrole nitrogens is 1. The number of hydrogen-bond acceptors (Lipinski definition) is 5. The van der Waals surface area contributed by atoms with Gasteiger partial charge in [-0.05, 0) is 43.7 Å². The maximum Gasteiger partial charge on any atom is 0.251 e. The lowest BCUT2D eigenvalue weighted by Gasteiger charge is -2.32. The second-order valence-corrected chi connectivity index (χ2v) is 6.65. The number of likely N-dealkylation sites (tertiary alicyclic amines) is 1. The highest BCUT2D eigenvalue weighted by Crippen LogP contribution is 2.26. The van der Waals surface area contributed by atoms with Gasteiger partial charge in [0.1, 0.15) is 5.82 Å². The summed E-state index contributed by atoms with van der Waals surface area (Å²) in [5.74, 6) is 0.997. The molecule has 1 aliphatic rings. The van der Waals surface area contributed by atoms with E-state index in [-0.39, 0.29) is 11.5 Å². The van der Waals surface area contributed by atoms with Crippen molar-refractivity contribution < 1.29 is 0 Å². The van der Waals surface area contributed by atoms with Crippen molar-refractivity contribution >= 4 is 0 Å². The molecule has 6 nitrogen and oxygen atoms in total. The number of aromatic amines is 1. The molecule has 132 valence electrons. The Morgan fingerprint density at radius 1 is 1.15 bits per heavy atom. The summed E-state index contributed by atoms with van der Waals surface area (Å²) in [4.78, 5) is 30.7. The lowest BCUT2D eigenvalue weighted by Crippen LogP contribution is -2.35. The third-order valence-corrected chi connectivity index (χ3v) is 4.74. The van der Waals surface area contributed by atoms with E-state index < -0.39 is 0 Å². The monoisotopic (exact) mass is 347 g/mol. The molecule has 1 fully saturated rings. The van der Waals surface area contributed by atoms with Crippen LogP contribution < -0.4 is 5.56 Å². The van der Waals surface area contributed by atoms with Crippen molar-refractivity contribution in [1.29, 1.82) is 0 Å². The summed E-state index contributed by atoms with van der Waals surface area (Å²) in [5, 5.41) is 0. The zero-order valence-electron chi connectivity index (χ0n) is 14.5. The first kappa shape index (κ1) is 16.6. The summed E-state index contributed by atoms with van der Waals surface area (Å²) in [6.45, 7) is 2.74. The van der Waals surface area contributed by atoms with Crippen molar-refractivity contribution in [2.24, 2.45) is 0 Å². The average Bonchev–Trinajstić information content (AvgIpc) is 2.69. The Balaban J connectivity index is 1.55. The fraction of sp³-hybridized carbons (Fsp3) is 0.300. The normalized spacial score (nSPS) is 17.9. The average molecular weight is 347 g/mol. The zero-order chi connectivity index (χ0) is 17.8. The minimum atomic E-state index is -0.108. The molecule has 3 aromatic rings. The Bertz CT molecular complexity index is 910. The van der Waals surface area contributed by atoms with Crippen molar-refractivity contribution in [3.05, 3.63) is 76.9 Å². The van der Waals surface area contributed by atoms with Crippen LogP contribution in [-0.4, -0.2) is 37.9 Å². The highest BCUT2D eigenvalue weighted by Gasteiger charge is 2.24. The molecule has 0 amide bonds. The van der Waals surface area contributed by atoms with E-state index in [0.717, 1.165) is 49.6 Å². The van der Waals surface area contributed by atoms with E-state index >= 15 is 0 Å². The number of piperidine rings is 1. The van der Waals surface area contributed by atoms with Crippen LogP contribution in [0.5, 0.6) is 0 Å². The van der Waals surface area contributed by atoms with Crippen LogP contribution in [-0.2, 0) is 6.54 Å². The molecule has 0 radical (unpaired) electrons. The minimum absolute atomic E-state index is 0.108. The molecule has 1 N–H and O–H groups in total. The van der Waals surface area contributed by atoms with E-state index in [9.17, 15) is 4.79 Å². The van der Waals surface area contributed by atoms with Gasteiger partial charge in [-0.25, -0.2) is 4.98 Å². The molecule has 0 saturated carbocycles. The predicted octanol–water partition coefficient (Wildman–Crippen LogP) is 2.61. The number of aromatic nitrogens is 4. The van der Waals surface area contributed by atoms with Crippen LogP contribution in [0.1, 0.15) is 30.3 Å². The van der Waals surface area contributed by atoms with E-state index in [0.29, 0.717) is 5.69 Å². The SMILES string of the molecule is O=c1cc(-c2ccncc2)nc([C@@H]2CCCN(Cc3ccccn3)C2)[nH]1. The van der Waals surface area contributed by atoms with Crippen LogP contribution in [0.4, 0.5) is 0 Å². The van der Waals surface area contributed by atoms with Gasteiger partial charge in [0, 0.05) is 49.2 Å². The molecule has 6 heteroatoms. The molecule has 0 spiro atoms. The van der Waals surface area contributed by atoms with Gasteiger partial charge < -0.3 is 4.98 Å². The van der Waals surface area contributed by atoms with Crippen molar-refractivity contribution in [3.8, 4) is 11.3 Å². The molecule has 3 aromatic heterocycles. The van der Waals surface area contributed by atoms with Gasteiger partial charge in [0.05, 0.1) is 11.4 Å². The molecular weight excluding hydrogens is 326 g/mol. The highest BCUT2D eigenvalue weighted by molar-refractivity contribution is 5.57. The van der Waals surface area contributed by atoms with E-state index in [2.05, 4.69) is 19.9 Å². The van der Waals surface area contributed by atoms with E-state index in [1.807, 2.05) is 36.5 Å². The van der Waals surface area contributed by atoms with E-state index in [1.54, 1.807) is 18.5 Å². The van der Waals surface area contributed by atoms with Crippen LogP contribution >= 0.6 is 0 Å². The number of nitrogens with zero attached hydrogens (tertiary/aromatic N) is 4. The third-order valence-electron chi connectivity index (χ3n) is 4.74. The Kier molecular flexibility index (Phi) is 4.84. The standard InChI is InChI=1S/C20H21N5O/c26-19-12-18(15-6-9-21-10-7-15)23-20(24-19)16-4-3-11-25(13-16)14-17-5-1-2-8-22-17/h1-2,5-10,12,16H,3-4,11,13-14H2,(H,23,24,26)/t16-/m1/s1. The fourth-order valence-electron chi connectivity index (χ4n) is 3.48. The van der Waals surface area contributed by atoms with Crippen LogP contribution in [0.3, 0.4) is 0 Å². The predicted molar refractivity (Wildman–Crippen MR) is 99.6 cm³/mol. The first-order valence-corrected chi connectivity index (χ1v) is 8.92. The molecule has 0 unspecified atom stereocenters. The zero-order valence-corrected chi connectivity index (χ0v) is 14.5. The summed E-state index contributed by atoms with van der Waals surface area (Å²) < 4.78 is 0. The molecule has 1 aliphatic heterocycles. The number of rotatable bonds is 4. The second kappa shape index (κ2) is 7.58. The van der Waals surface area contributed by atoms with E-state index in [4.69, 9.17) is 4.98 Å². The van der Waals surface area contributed by atoms with Gasteiger partial charge in [0.15, 0.2) is 0 Å². The van der Waals surface area contributed by atoms with Gasteiger partial charge in [0.2, 0.25) is 0 Å². The summed E-state index contributed by atoms with van der Waals surface area (Å²) in [7, 11) is 0. The summed E-state index contributed by atoms with van der Waals surface area (Å²) in [6.07, 6.45) is 7.37. The largest absolute Gasteiger partial charge is 0.310 e.